The van der Waals surface area contributed by atoms with Gasteiger partial charge in [-0.15, -0.1) is 0 Å². The number of hydrogen-bond donors (Lipinski definition) is 0. The van der Waals surface area contributed by atoms with Crippen LogP contribution in [0.3, 0.4) is 0 Å². The third kappa shape index (κ3) is 1.90. The van der Waals surface area contributed by atoms with Crippen LogP contribution in [0.1, 0.15) is 19.8 Å². The number of aliphatic imine (C=N–C) groups is 1. The molecule has 1 heterocycles. The van der Waals surface area contributed by atoms with E-state index >= 15 is 0 Å². The summed E-state index contributed by atoms with van der Waals surface area (Å²) in [6.07, 6.45) is 3.08. The summed E-state index contributed by atoms with van der Waals surface area (Å²) in [5.41, 5.74) is 0.783. The van der Waals surface area contributed by atoms with E-state index < -0.39 is 0 Å². The maximum atomic E-state index is 10.8. The highest BCUT2D eigenvalue weighted by atomic mass is 16.5. The molecule has 1 rings (SSSR count). The van der Waals surface area contributed by atoms with Gasteiger partial charge in [-0.25, -0.2) is 4.99 Å². The fourth-order valence-electron chi connectivity index (χ4n) is 0.942. The molecule has 0 spiro atoms. The lowest BCUT2D eigenvalue weighted by molar-refractivity contribution is -0.113. The smallest absolute Gasteiger partial charge is 0.187 e. The molecule has 1 aliphatic heterocycles. The Morgan fingerprint density at radius 3 is 2.73 bits per heavy atom. The summed E-state index contributed by atoms with van der Waals surface area (Å²) < 4.78 is 4.91. The lowest BCUT2D eigenvalue weighted by Crippen LogP contribution is -2.08. The highest BCUT2D eigenvalue weighted by molar-refractivity contribution is 5.95. The predicted octanol–water partition coefficient (Wildman–Crippen LogP) is 1.30. The van der Waals surface area contributed by atoms with Crippen LogP contribution in [-0.4, -0.2) is 18.8 Å². The summed E-state index contributed by atoms with van der Waals surface area (Å²) in [5, 5.41) is 0. The van der Waals surface area contributed by atoms with Crippen molar-refractivity contribution in [1.82, 2.24) is 0 Å². The summed E-state index contributed by atoms with van der Waals surface area (Å²) in [6, 6.07) is 0. The summed E-state index contributed by atoms with van der Waals surface area (Å²) >= 11 is 0. The standard InChI is InChI=1S/C8H11NO2/c1-6(10)7-3-4-8(11-2)9-5-7/h5H,3-4H2,1-2H3. The Morgan fingerprint density at radius 1 is 1.64 bits per heavy atom. The van der Waals surface area contributed by atoms with Crippen LogP contribution >= 0.6 is 0 Å². The number of carbonyl (C=O) groups excluding carboxylic acids is 1. The molecule has 0 saturated carbocycles. The first-order chi connectivity index (χ1) is 5.24. The molecule has 0 unspecified atom stereocenters. The minimum absolute atomic E-state index is 0.101. The molecule has 0 radical (unpaired) electrons. The molecule has 3 heteroatoms. The fraction of sp³-hybridized carbons (Fsp3) is 0.500. The van der Waals surface area contributed by atoms with Crippen LogP contribution in [0.5, 0.6) is 0 Å². The van der Waals surface area contributed by atoms with E-state index in [0.29, 0.717) is 5.90 Å². The van der Waals surface area contributed by atoms with Crippen molar-refractivity contribution in [2.75, 3.05) is 7.11 Å². The maximum Gasteiger partial charge on any atom is 0.187 e. The fourth-order valence-corrected chi connectivity index (χ4v) is 0.942. The third-order valence-electron chi connectivity index (χ3n) is 1.66. The molecule has 60 valence electrons. The molecule has 0 bridgehead atoms. The van der Waals surface area contributed by atoms with E-state index in [1.165, 1.54) is 0 Å². The number of nitrogens with zero attached hydrogens (tertiary/aromatic N) is 1. The van der Waals surface area contributed by atoms with Crippen LogP contribution in [0, 0.1) is 0 Å². The summed E-state index contributed by atoms with van der Waals surface area (Å²) in [4.78, 5) is 14.8. The topological polar surface area (TPSA) is 38.7 Å². The molecule has 0 saturated heterocycles. The lowest BCUT2D eigenvalue weighted by Gasteiger charge is -2.09. The monoisotopic (exact) mass is 153 g/mol. The van der Waals surface area contributed by atoms with E-state index in [1.807, 2.05) is 0 Å². The molecule has 0 fully saturated rings. The van der Waals surface area contributed by atoms with E-state index in [2.05, 4.69) is 4.99 Å². The number of methoxy groups -OCH3 is 1. The number of allylic oxidation sites excluding steroid dienone is 1. The molecule has 0 aromatic rings. The Labute approximate surface area is 65.8 Å². The van der Waals surface area contributed by atoms with Crippen LogP contribution in [0.2, 0.25) is 0 Å². The number of hydrogen-bond acceptors (Lipinski definition) is 3. The Balaban J connectivity index is 2.69. The summed E-state index contributed by atoms with van der Waals surface area (Å²) in [5.74, 6) is 0.805. The van der Waals surface area contributed by atoms with Crippen LogP contribution in [0.25, 0.3) is 0 Å². The Bertz CT molecular complexity index is 228. The van der Waals surface area contributed by atoms with Crippen LogP contribution in [-0.2, 0) is 9.53 Å². The van der Waals surface area contributed by atoms with Gasteiger partial charge in [0.05, 0.1) is 7.11 Å². The second-order valence-electron chi connectivity index (χ2n) is 2.44. The molecule has 11 heavy (non-hydrogen) atoms. The molecular weight excluding hydrogens is 142 g/mol. The molecule has 0 amide bonds. The van der Waals surface area contributed by atoms with Crippen LogP contribution in [0.15, 0.2) is 16.8 Å². The first kappa shape index (κ1) is 7.98. The first-order valence-electron chi connectivity index (χ1n) is 3.54. The zero-order valence-electron chi connectivity index (χ0n) is 6.76. The van der Waals surface area contributed by atoms with Gasteiger partial charge in [-0.2, -0.15) is 0 Å². The van der Waals surface area contributed by atoms with E-state index in [9.17, 15) is 4.79 Å². The Kier molecular flexibility index (Phi) is 2.41. The van der Waals surface area contributed by atoms with Gasteiger partial charge in [0.1, 0.15) is 0 Å². The second-order valence-corrected chi connectivity index (χ2v) is 2.44. The molecular formula is C8H11NO2. The van der Waals surface area contributed by atoms with E-state index in [0.717, 1.165) is 18.4 Å². The van der Waals surface area contributed by atoms with E-state index in [-0.39, 0.29) is 5.78 Å². The number of carbonyl (C=O) groups is 1. The molecule has 3 nitrogen and oxygen atoms in total. The molecule has 0 N–H and O–H groups in total. The molecule has 0 atom stereocenters. The van der Waals surface area contributed by atoms with Crippen LogP contribution in [0.4, 0.5) is 0 Å². The summed E-state index contributed by atoms with van der Waals surface area (Å²) in [6.45, 7) is 1.55. The average molecular weight is 153 g/mol. The van der Waals surface area contributed by atoms with Crippen molar-refractivity contribution in [3.8, 4) is 0 Å². The van der Waals surface area contributed by atoms with Gasteiger partial charge >= 0.3 is 0 Å². The van der Waals surface area contributed by atoms with E-state index in [4.69, 9.17) is 4.74 Å². The Morgan fingerprint density at radius 2 is 2.36 bits per heavy atom. The predicted molar refractivity (Wildman–Crippen MR) is 42.4 cm³/mol. The van der Waals surface area contributed by atoms with Gasteiger partial charge in [-0.05, 0) is 13.3 Å². The van der Waals surface area contributed by atoms with Crippen LogP contribution < -0.4 is 0 Å². The highest BCUT2D eigenvalue weighted by Crippen LogP contribution is 2.13. The number of ether oxygens (including phenoxy) is 1. The minimum atomic E-state index is 0.101. The van der Waals surface area contributed by atoms with Gasteiger partial charge in [-0.1, -0.05) is 0 Å². The van der Waals surface area contributed by atoms with Gasteiger partial charge in [0, 0.05) is 18.2 Å². The lowest BCUT2D eigenvalue weighted by atomic mass is 10.1. The zero-order chi connectivity index (χ0) is 8.27. The molecule has 0 aliphatic carbocycles. The number of Topliss-reactive ketones (excluding diaryl/α,β-unsaturated/α-hetero) is 1. The number of rotatable bonds is 1. The van der Waals surface area contributed by atoms with Gasteiger partial charge < -0.3 is 4.74 Å². The van der Waals surface area contributed by atoms with Crippen molar-refractivity contribution >= 4 is 11.7 Å². The largest absolute Gasteiger partial charge is 0.484 e. The molecule has 1 aliphatic rings. The van der Waals surface area contributed by atoms with Gasteiger partial charge in [-0.3, -0.25) is 4.79 Å². The van der Waals surface area contributed by atoms with Crippen molar-refractivity contribution in [3.05, 3.63) is 11.8 Å². The third-order valence-corrected chi connectivity index (χ3v) is 1.66. The highest BCUT2D eigenvalue weighted by Gasteiger charge is 2.10. The molecule has 0 aromatic carbocycles. The maximum absolute atomic E-state index is 10.8. The van der Waals surface area contributed by atoms with Gasteiger partial charge in [0.2, 0.25) is 0 Å². The zero-order valence-corrected chi connectivity index (χ0v) is 6.76. The molecule has 0 aromatic heterocycles. The summed E-state index contributed by atoms with van der Waals surface area (Å²) in [7, 11) is 1.59. The van der Waals surface area contributed by atoms with Gasteiger partial charge in [0.15, 0.2) is 11.7 Å². The first-order valence-corrected chi connectivity index (χ1v) is 3.54. The van der Waals surface area contributed by atoms with Crippen molar-refractivity contribution in [1.29, 1.82) is 0 Å². The quantitative estimate of drug-likeness (QED) is 0.569. The van der Waals surface area contributed by atoms with Crippen molar-refractivity contribution in [3.63, 3.8) is 0 Å². The number of ketones is 1. The average Bonchev–Trinajstić information content (AvgIpc) is 2.05. The van der Waals surface area contributed by atoms with Crippen molar-refractivity contribution in [2.45, 2.75) is 19.8 Å². The van der Waals surface area contributed by atoms with Gasteiger partial charge in [0.25, 0.3) is 0 Å². The Hall–Kier alpha value is -1.12. The second kappa shape index (κ2) is 3.32. The normalized spacial score (nSPS) is 16.9. The SMILES string of the molecule is COC1=NC=C(C(C)=O)CC1. The van der Waals surface area contributed by atoms with E-state index in [1.54, 1.807) is 20.2 Å². The minimum Gasteiger partial charge on any atom is -0.484 e. The van der Waals surface area contributed by atoms with Crippen molar-refractivity contribution in [2.24, 2.45) is 4.99 Å². The van der Waals surface area contributed by atoms with Crippen molar-refractivity contribution < 1.29 is 9.53 Å².